The highest BCUT2D eigenvalue weighted by Crippen LogP contribution is 2.26. The van der Waals surface area contributed by atoms with E-state index in [4.69, 9.17) is 23.7 Å². The first-order valence-corrected chi connectivity index (χ1v) is 6.12. The Morgan fingerprint density at radius 1 is 0.611 bits per heavy atom. The first-order chi connectivity index (χ1) is 8.97. The van der Waals surface area contributed by atoms with E-state index in [9.17, 15) is 0 Å². The maximum atomic E-state index is 5.54. The molecule has 18 heavy (non-hydrogen) atoms. The van der Waals surface area contributed by atoms with E-state index in [1.54, 1.807) is 12.4 Å². The molecule has 0 fully saturated rings. The summed E-state index contributed by atoms with van der Waals surface area (Å²) in [5.41, 5.74) is 0. The van der Waals surface area contributed by atoms with Gasteiger partial charge in [-0.15, -0.1) is 0 Å². The van der Waals surface area contributed by atoms with Crippen LogP contribution in [0.4, 0.5) is 0 Å². The topological polar surface area (TPSA) is 61.9 Å². The summed E-state index contributed by atoms with van der Waals surface area (Å²) >= 11 is 0. The Hall–Kier alpha value is -1.24. The van der Waals surface area contributed by atoms with Crippen molar-refractivity contribution in [2.24, 2.45) is 0 Å². The molecular formula is C12H19NO5. The van der Waals surface area contributed by atoms with E-state index in [2.05, 4.69) is 4.98 Å². The Bertz CT molecular complexity index is 300. The number of ether oxygens (including phenoxy) is 5. The quantitative estimate of drug-likeness (QED) is 0.746. The minimum absolute atomic E-state index is 0.491. The zero-order valence-corrected chi connectivity index (χ0v) is 10.4. The predicted molar refractivity (Wildman–Crippen MR) is 64.2 cm³/mol. The minimum atomic E-state index is 0.491. The average molecular weight is 257 g/mol. The fraction of sp³-hybridized carbons (Fsp3) is 0.667. The van der Waals surface area contributed by atoms with Crippen molar-refractivity contribution in [2.75, 3.05) is 52.9 Å². The van der Waals surface area contributed by atoms with Crippen molar-refractivity contribution in [1.29, 1.82) is 0 Å². The molecule has 6 heteroatoms. The van der Waals surface area contributed by atoms with Gasteiger partial charge >= 0.3 is 0 Å². The van der Waals surface area contributed by atoms with Gasteiger partial charge in [0.15, 0.2) is 11.5 Å². The molecule has 1 N–H and O–H groups in total. The van der Waals surface area contributed by atoms with Crippen LogP contribution in [-0.4, -0.2) is 57.8 Å². The highest BCUT2D eigenvalue weighted by atomic mass is 16.6. The summed E-state index contributed by atoms with van der Waals surface area (Å²) in [5.74, 6) is 1.40. The Labute approximate surface area is 106 Å². The molecule has 0 saturated carbocycles. The average Bonchev–Trinajstić information content (AvgIpc) is 2.81. The third-order valence-corrected chi connectivity index (χ3v) is 2.39. The van der Waals surface area contributed by atoms with Crippen LogP contribution in [0, 0.1) is 0 Å². The first kappa shape index (κ1) is 13.2. The number of H-pyrrole nitrogens is 1. The molecule has 0 radical (unpaired) electrons. The van der Waals surface area contributed by atoms with Gasteiger partial charge in [-0.25, -0.2) is 0 Å². The van der Waals surface area contributed by atoms with E-state index >= 15 is 0 Å². The number of hydrogen-bond acceptors (Lipinski definition) is 5. The van der Waals surface area contributed by atoms with Crippen LogP contribution in [0.5, 0.6) is 11.5 Å². The molecule has 0 bridgehead atoms. The lowest BCUT2D eigenvalue weighted by Gasteiger charge is -2.08. The summed E-state index contributed by atoms with van der Waals surface area (Å²) in [4.78, 5) is 2.95. The molecule has 2 heterocycles. The molecule has 0 aliphatic carbocycles. The van der Waals surface area contributed by atoms with Gasteiger partial charge in [0, 0.05) is 12.4 Å². The molecule has 2 rings (SSSR count). The van der Waals surface area contributed by atoms with Crippen molar-refractivity contribution in [2.45, 2.75) is 0 Å². The predicted octanol–water partition coefficient (Wildman–Crippen LogP) is 0.836. The van der Waals surface area contributed by atoms with Gasteiger partial charge in [-0.3, -0.25) is 0 Å². The Balaban J connectivity index is 1.81. The van der Waals surface area contributed by atoms with Gasteiger partial charge in [-0.2, -0.15) is 0 Å². The fourth-order valence-corrected chi connectivity index (χ4v) is 1.52. The first-order valence-electron chi connectivity index (χ1n) is 6.12. The standard InChI is InChI=1S/C12H19NO5/c1-3-15-5-7-17-11-9-13-10-12(11)18-8-6-16-4-2-14-1/h9-10,13H,1-8H2. The normalized spacial score (nSPS) is 19.8. The molecule has 0 amide bonds. The van der Waals surface area contributed by atoms with Gasteiger partial charge in [0.05, 0.1) is 39.6 Å². The molecule has 6 nitrogen and oxygen atoms in total. The molecule has 0 unspecified atom stereocenters. The molecule has 0 atom stereocenters. The largest absolute Gasteiger partial charge is 0.486 e. The minimum Gasteiger partial charge on any atom is -0.486 e. The van der Waals surface area contributed by atoms with Gasteiger partial charge in [0.1, 0.15) is 13.2 Å². The van der Waals surface area contributed by atoms with Gasteiger partial charge in [0.25, 0.3) is 0 Å². The molecule has 1 aromatic rings. The van der Waals surface area contributed by atoms with E-state index in [0.29, 0.717) is 64.4 Å². The van der Waals surface area contributed by atoms with Crippen LogP contribution in [0.3, 0.4) is 0 Å². The summed E-state index contributed by atoms with van der Waals surface area (Å²) in [5, 5.41) is 0. The van der Waals surface area contributed by atoms with Crippen molar-refractivity contribution >= 4 is 0 Å². The van der Waals surface area contributed by atoms with E-state index in [-0.39, 0.29) is 0 Å². The molecule has 102 valence electrons. The summed E-state index contributed by atoms with van der Waals surface area (Å²) in [6, 6.07) is 0. The van der Waals surface area contributed by atoms with Crippen LogP contribution in [0.2, 0.25) is 0 Å². The third kappa shape index (κ3) is 4.56. The number of aromatic amines is 1. The Morgan fingerprint density at radius 2 is 1.00 bits per heavy atom. The number of fused-ring (bicyclic) bond motifs is 1. The van der Waals surface area contributed by atoms with Gasteiger partial charge in [-0.05, 0) is 0 Å². The van der Waals surface area contributed by atoms with Crippen molar-refractivity contribution in [3.05, 3.63) is 12.4 Å². The zero-order chi connectivity index (χ0) is 12.5. The molecule has 0 saturated heterocycles. The number of rotatable bonds is 0. The van der Waals surface area contributed by atoms with Crippen molar-refractivity contribution < 1.29 is 23.7 Å². The van der Waals surface area contributed by atoms with Crippen LogP contribution in [0.25, 0.3) is 0 Å². The zero-order valence-electron chi connectivity index (χ0n) is 10.4. The molecule has 1 aliphatic heterocycles. The van der Waals surface area contributed by atoms with Crippen LogP contribution in [0.1, 0.15) is 0 Å². The molecule has 0 spiro atoms. The summed E-state index contributed by atoms with van der Waals surface area (Å²) in [6.07, 6.45) is 3.52. The van der Waals surface area contributed by atoms with Crippen LogP contribution in [-0.2, 0) is 14.2 Å². The second-order valence-corrected chi connectivity index (χ2v) is 3.72. The SMILES string of the molecule is c1[nH]cc2c1OCCOCCOCCOCCO2. The molecule has 1 aromatic heterocycles. The summed E-state index contributed by atoms with van der Waals surface area (Å²) in [7, 11) is 0. The second kappa shape index (κ2) is 7.97. The lowest BCUT2D eigenvalue weighted by atomic mass is 10.5. The van der Waals surface area contributed by atoms with Gasteiger partial charge < -0.3 is 28.7 Å². The van der Waals surface area contributed by atoms with Gasteiger partial charge in [-0.1, -0.05) is 0 Å². The fourth-order valence-electron chi connectivity index (χ4n) is 1.52. The Morgan fingerprint density at radius 3 is 1.44 bits per heavy atom. The third-order valence-electron chi connectivity index (χ3n) is 2.39. The van der Waals surface area contributed by atoms with E-state index in [1.807, 2.05) is 0 Å². The highest BCUT2D eigenvalue weighted by molar-refractivity contribution is 5.36. The van der Waals surface area contributed by atoms with Gasteiger partial charge in [0.2, 0.25) is 0 Å². The number of nitrogens with one attached hydrogen (secondary N) is 1. The summed E-state index contributed by atoms with van der Waals surface area (Å²) in [6.45, 7) is 4.34. The molecular weight excluding hydrogens is 238 g/mol. The molecule has 0 aromatic carbocycles. The highest BCUT2D eigenvalue weighted by Gasteiger charge is 2.06. The summed E-state index contributed by atoms with van der Waals surface area (Å²) < 4.78 is 27.1. The van der Waals surface area contributed by atoms with Crippen molar-refractivity contribution in [3.63, 3.8) is 0 Å². The van der Waals surface area contributed by atoms with Crippen molar-refractivity contribution in [1.82, 2.24) is 4.98 Å². The van der Waals surface area contributed by atoms with Crippen LogP contribution < -0.4 is 9.47 Å². The van der Waals surface area contributed by atoms with Crippen molar-refractivity contribution in [3.8, 4) is 11.5 Å². The lowest BCUT2D eigenvalue weighted by molar-refractivity contribution is 0.00703. The maximum absolute atomic E-state index is 5.54. The molecule has 1 aliphatic rings. The second-order valence-electron chi connectivity index (χ2n) is 3.72. The van der Waals surface area contributed by atoms with Crippen LogP contribution >= 0.6 is 0 Å². The van der Waals surface area contributed by atoms with E-state index in [0.717, 1.165) is 0 Å². The number of hydrogen-bond donors (Lipinski definition) is 1. The number of aromatic nitrogens is 1. The monoisotopic (exact) mass is 257 g/mol. The maximum Gasteiger partial charge on any atom is 0.178 e. The smallest absolute Gasteiger partial charge is 0.178 e. The Kier molecular flexibility index (Phi) is 5.84. The lowest BCUT2D eigenvalue weighted by Crippen LogP contribution is -2.13. The van der Waals surface area contributed by atoms with E-state index < -0.39 is 0 Å². The van der Waals surface area contributed by atoms with Crippen LogP contribution in [0.15, 0.2) is 12.4 Å². The van der Waals surface area contributed by atoms with E-state index in [1.165, 1.54) is 0 Å².